The smallest absolute Gasteiger partial charge is 0.260 e. The van der Waals surface area contributed by atoms with E-state index in [4.69, 9.17) is 16.3 Å². The molecule has 0 saturated heterocycles. The zero-order chi connectivity index (χ0) is 17.4. The van der Waals surface area contributed by atoms with Gasteiger partial charge in [0, 0.05) is 27.5 Å². The molecule has 2 aromatic carbocycles. The van der Waals surface area contributed by atoms with Crippen LogP contribution in [0.5, 0.6) is 5.75 Å². The third kappa shape index (κ3) is 6.75. The van der Waals surface area contributed by atoms with Gasteiger partial charge in [-0.15, -0.1) is 0 Å². The molecule has 1 N–H and O–H groups in total. The summed E-state index contributed by atoms with van der Waals surface area (Å²) < 4.78 is 6.59. The molecule has 0 aromatic heterocycles. The van der Waals surface area contributed by atoms with Gasteiger partial charge >= 0.3 is 0 Å². The predicted molar refractivity (Wildman–Crippen MR) is 105 cm³/mol. The van der Waals surface area contributed by atoms with E-state index in [2.05, 4.69) is 21.2 Å². The standard InChI is InChI=1S/C18H19BrClNO2S/c1-13(23-17-7-5-15(19)6-8-17)18(22)21-9-10-24-12-14-3-2-4-16(20)11-14/h2-8,11,13H,9-10,12H2,1H3,(H,21,22)/t13-/m1/s1. The van der Waals surface area contributed by atoms with E-state index in [1.165, 1.54) is 5.56 Å². The van der Waals surface area contributed by atoms with E-state index in [9.17, 15) is 4.79 Å². The molecule has 2 rings (SSSR count). The lowest BCUT2D eigenvalue weighted by atomic mass is 10.2. The zero-order valence-electron chi connectivity index (χ0n) is 13.3. The van der Waals surface area contributed by atoms with Gasteiger partial charge in [0.15, 0.2) is 6.10 Å². The zero-order valence-corrected chi connectivity index (χ0v) is 16.5. The van der Waals surface area contributed by atoms with Crippen molar-refractivity contribution in [1.82, 2.24) is 5.32 Å². The first-order valence-electron chi connectivity index (χ1n) is 7.57. The molecule has 24 heavy (non-hydrogen) atoms. The minimum Gasteiger partial charge on any atom is -0.481 e. The lowest BCUT2D eigenvalue weighted by Crippen LogP contribution is -2.37. The van der Waals surface area contributed by atoms with Crippen LogP contribution in [-0.4, -0.2) is 24.3 Å². The quantitative estimate of drug-likeness (QED) is 0.607. The summed E-state index contributed by atoms with van der Waals surface area (Å²) in [5.74, 6) is 2.28. The molecule has 0 aliphatic rings. The highest BCUT2D eigenvalue weighted by Crippen LogP contribution is 2.18. The number of nitrogens with one attached hydrogen (secondary N) is 1. The Morgan fingerprint density at radius 1 is 1.29 bits per heavy atom. The summed E-state index contributed by atoms with van der Waals surface area (Å²) in [6.07, 6.45) is -0.524. The largest absolute Gasteiger partial charge is 0.481 e. The summed E-state index contributed by atoms with van der Waals surface area (Å²) in [6, 6.07) is 15.2. The number of rotatable bonds is 8. The van der Waals surface area contributed by atoms with Crippen molar-refractivity contribution in [3.63, 3.8) is 0 Å². The molecule has 2 aromatic rings. The maximum atomic E-state index is 12.0. The third-order valence-corrected chi connectivity index (χ3v) is 4.99. The molecule has 6 heteroatoms. The maximum Gasteiger partial charge on any atom is 0.260 e. The van der Waals surface area contributed by atoms with Crippen LogP contribution in [-0.2, 0) is 10.5 Å². The average molecular weight is 429 g/mol. The molecule has 0 aliphatic carbocycles. The number of carbonyl (C=O) groups is 1. The highest BCUT2D eigenvalue weighted by atomic mass is 79.9. The van der Waals surface area contributed by atoms with E-state index in [0.29, 0.717) is 12.3 Å². The van der Waals surface area contributed by atoms with Gasteiger partial charge in [-0.2, -0.15) is 11.8 Å². The lowest BCUT2D eigenvalue weighted by molar-refractivity contribution is -0.127. The number of hydrogen-bond donors (Lipinski definition) is 1. The number of thioether (sulfide) groups is 1. The van der Waals surface area contributed by atoms with Crippen LogP contribution in [0.3, 0.4) is 0 Å². The molecule has 1 amide bonds. The van der Waals surface area contributed by atoms with Crippen molar-refractivity contribution in [3.8, 4) is 5.75 Å². The van der Waals surface area contributed by atoms with Crippen LogP contribution < -0.4 is 10.1 Å². The summed E-state index contributed by atoms with van der Waals surface area (Å²) in [4.78, 5) is 12.0. The van der Waals surface area contributed by atoms with E-state index in [1.807, 2.05) is 48.5 Å². The van der Waals surface area contributed by atoms with Crippen LogP contribution in [0.1, 0.15) is 12.5 Å². The number of ether oxygens (including phenoxy) is 1. The molecule has 0 bridgehead atoms. The van der Waals surface area contributed by atoms with Gasteiger partial charge in [-0.3, -0.25) is 4.79 Å². The predicted octanol–water partition coefficient (Wildman–Crippen LogP) is 4.92. The minimum absolute atomic E-state index is 0.110. The van der Waals surface area contributed by atoms with Crippen molar-refractivity contribution in [2.75, 3.05) is 12.3 Å². The van der Waals surface area contributed by atoms with Crippen molar-refractivity contribution < 1.29 is 9.53 Å². The Bertz CT molecular complexity index is 666. The fourth-order valence-electron chi connectivity index (χ4n) is 1.98. The van der Waals surface area contributed by atoms with E-state index < -0.39 is 6.10 Å². The van der Waals surface area contributed by atoms with Crippen molar-refractivity contribution in [3.05, 3.63) is 63.6 Å². The van der Waals surface area contributed by atoms with Crippen molar-refractivity contribution in [2.45, 2.75) is 18.8 Å². The second kappa shape index (κ2) is 9.97. The number of carbonyl (C=O) groups excluding carboxylic acids is 1. The van der Waals surface area contributed by atoms with Gasteiger partial charge in [0.05, 0.1) is 0 Å². The number of benzene rings is 2. The number of hydrogen-bond acceptors (Lipinski definition) is 3. The third-order valence-electron chi connectivity index (χ3n) is 3.20. The van der Waals surface area contributed by atoms with Crippen molar-refractivity contribution in [1.29, 1.82) is 0 Å². The molecule has 1 atom stereocenters. The molecule has 0 radical (unpaired) electrons. The molecular formula is C18H19BrClNO2S. The average Bonchev–Trinajstić information content (AvgIpc) is 2.56. The molecule has 0 spiro atoms. The highest BCUT2D eigenvalue weighted by molar-refractivity contribution is 9.10. The molecule has 128 valence electrons. The van der Waals surface area contributed by atoms with E-state index in [1.54, 1.807) is 18.7 Å². The number of halogens is 2. The molecule has 0 aliphatic heterocycles. The van der Waals surface area contributed by atoms with Crippen molar-refractivity contribution in [2.24, 2.45) is 0 Å². The van der Waals surface area contributed by atoms with Gasteiger partial charge in [-0.25, -0.2) is 0 Å². The van der Waals surface area contributed by atoms with Crippen LogP contribution in [0, 0.1) is 0 Å². The second-order valence-corrected chi connectivity index (χ2v) is 7.64. The van der Waals surface area contributed by atoms with Gasteiger partial charge in [-0.1, -0.05) is 39.7 Å². The fraction of sp³-hybridized carbons (Fsp3) is 0.278. The molecule has 3 nitrogen and oxygen atoms in total. The molecular weight excluding hydrogens is 410 g/mol. The Morgan fingerprint density at radius 3 is 2.75 bits per heavy atom. The maximum absolute atomic E-state index is 12.0. The van der Waals surface area contributed by atoms with Crippen LogP contribution in [0.25, 0.3) is 0 Å². The summed E-state index contributed by atoms with van der Waals surface area (Å²) in [5.41, 5.74) is 1.19. The van der Waals surface area contributed by atoms with E-state index in [0.717, 1.165) is 21.0 Å². The van der Waals surface area contributed by atoms with Gasteiger partial charge < -0.3 is 10.1 Å². The normalized spacial score (nSPS) is 11.8. The Balaban J connectivity index is 1.64. The monoisotopic (exact) mass is 427 g/mol. The molecule has 0 unspecified atom stereocenters. The lowest BCUT2D eigenvalue weighted by Gasteiger charge is -2.14. The first kappa shape index (κ1) is 19.2. The second-order valence-electron chi connectivity index (χ2n) is 5.19. The van der Waals surface area contributed by atoms with Gasteiger partial charge in [0.1, 0.15) is 5.75 Å². The highest BCUT2D eigenvalue weighted by Gasteiger charge is 2.13. The van der Waals surface area contributed by atoms with Crippen molar-refractivity contribution >= 4 is 45.2 Å². The first-order chi connectivity index (χ1) is 11.5. The van der Waals surface area contributed by atoms with E-state index in [-0.39, 0.29) is 5.91 Å². The molecule has 0 heterocycles. The van der Waals surface area contributed by atoms with Crippen LogP contribution in [0.15, 0.2) is 53.0 Å². The summed E-state index contributed by atoms with van der Waals surface area (Å²) >= 11 is 11.1. The van der Waals surface area contributed by atoms with Gasteiger partial charge in [0.25, 0.3) is 5.91 Å². The Morgan fingerprint density at radius 2 is 2.04 bits per heavy atom. The molecule has 0 saturated carbocycles. The van der Waals surface area contributed by atoms with Crippen LogP contribution >= 0.6 is 39.3 Å². The topological polar surface area (TPSA) is 38.3 Å². The van der Waals surface area contributed by atoms with Crippen LogP contribution in [0.2, 0.25) is 5.02 Å². The Hall–Kier alpha value is -1.17. The minimum atomic E-state index is -0.524. The number of amides is 1. The van der Waals surface area contributed by atoms with Crippen LogP contribution in [0.4, 0.5) is 0 Å². The van der Waals surface area contributed by atoms with Gasteiger partial charge in [0.2, 0.25) is 0 Å². The van der Waals surface area contributed by atoms with Gasteiger partial charge in [-0.05, 0) is 48.9 Å². The fourth-order valence-corrected chi connectivity index (χ4v) is 3.26. The Kier molecular flexibility index (Phi) is 7.95. The first-order valence-corrected chi connectivity index (χ1v) is 9.89. The summed E-state index contributed by atoms with van der Waals surface area (Å²) in [5, 5.41) is 3.64. The Labute approximate surface area is 160 Å². The summed E-state index contributed by atoms with van der Waals surface area (Å²) in [6.45, 7) is 2.36. The SMILES string of the molecule is C[C@@H](Oc1ccc(Br)cc1)C(=O)NCCSCc1cccc(Cl)c1. The summed E-state index contributed by atoms with van der Waals surface area (Å²) in [7, 11) is 0. The van der Waals surface area contributed by atoms with E-state index >= 15 is 0 Å². The molecule has 0 fully saturated rings.